The zero-order chi connectivity index (χ0) is 40.2. The van der Waals surface area contributed by atoms with Gasteiger partial charge in [0.25, 0.3) is 0 Å². The van der Waals surface area contributed by atoms with Crippen molar-refractivity contribution < 1.29 is 89.5 Å². The molecule has 13 nitrogen and oxygen atoms in total. The molecule has 3 unspecified atom stereocenters. The molecule has 0 aromatic rings. The van der Waals surface area contributed by atoms with E-state index in [-0.39, 0.29) is 76.7 Å². The molecule has 50 heavy (non-hydrogen) atoms. The van der Waals surface area contributed by atoms with Crippen molar-refractivity contribution in [3.8, 4) is 0 Å². The average molecular weight is 880 g/mol. The number of alkyl halides is 2. The number of halogens is 3. The van der Waals surface area contributed by atoms with Gasteiger partial charge in [0.15, 0.2) is 5.78 Å². The number of hydrogen-bond donors (Lipinski definition) is 0. The van der Waals surface area contributed by atoms with E-state index in [1.54, 1.807) is 13.8 Å². The summed E-state index contributed by atoms with van der Waals surface area (Å²) in [7, 11) is -6.37. The van der Waals surface area contributed by atoms with Crippen LogP contribution in [-0.2, 0) is 77.3 Å². The van der Waals surface area contributed by atoms with Crippen LogP contribution in [0.3, 0.4) is 0 Å². The van der Waals surface area contributed by atoms with Gasteiger partial charge in [-0.15, -0.1) is 23.2 Å². The number of hydrogen-bond acceptors (Lipinski definition) is 14. The monoisotopic (exact) mass is 878 g/mol. The third-order valence-electron chi connectivity index (χ3n) is 4.89. The summed E-state index contributed by atoms with van der Waals surface area (Å²) in [5.74, 6) is -0.202. The fraction of sp³-hybridized carbons (Fsp3) is 0.741. The van der Waals surface area contributed by atoms with Crippen molar-refractivity contribution in [1.29, 1.82) is 0 Å². The molecule has 0 saturated heterocycles. The molecule has 0 bridgehead atoms. The summed E-state index contributed by atoms with van der Waals surface area (Å²) in [4.78, 5) is 72.3. The van der Waals surface area contributed by atoms with Crippen LogP contribution in [0, 0.1) is 5.92 Å². The molecule has 3 atom stereocenters. The first-order valence-corrected chi connectivity index (χ1v) is 29.2. The third kappa shape index (κ3) is 59.0. The van der Waals surface area contributed by atoms with Crippen LogP contribution in [0.15, 0.2) is 0 Å². The molecular weight excluding hydrogens is 836 g/mol. The molecule has 0 heterocycles. The van der Waals surface area contributed by atoms with Crippen molar-refractivity contribution >= 4 is 158 Å². The standard InChI is InChI=1S/C7H11ClO2.C7H10O5S2.C6H12O.C5H10O.C2H2Cl2O.3Na.O3S2/c1-6(9)3-2-4-7(10)5-8;1-4(8)2-3-5-6(9)7(5)14(11,13)12-10;1-3-4-5-6(2)7;1-3-4-5(2)6;3-1-2(4)5;;;;1-4-5(2)3/h2-5H2,1H3;5,7,10H,2-3H2,1H3;3-5H2,1-2H3;3-4H2,1-2H3;1H2;;;;/q;;;;;;;+1;/p-1. The number of ketones is 6. The zero-order valence-corrected chi connectivity index (χ0v) is 41.7. The molecule has 0 aliphatic heterocycles. The van der Waals surface area contributed by atoms with Crippen molar-refractivity contribution in [2.24, 2.45) is 5.92 Å². The van der Waals surface area contributed by atoms with Crippen molar-refractivity contribution in [2.75, 3.05) is 11.8 Å². The van der Waals surface area contributed by atoms with Gasteiger partial charge in [0.05, 0.1) is 11.8 Å². The van der Waals surface area contributed by atoms with Gasteiger partial charge in [0.2, 0.25) is 15.5 Å². The molecule has 0 amide bonds. The van der Waals surface area contributed by atoms with Crippen LogP contribution in [0.25, 0.3) is 0 Å². The van der Waals surface area contributed by atoms with Crippen molar-refractivity contribution in [3.05, 3.63) is 0 Å². The van der Waals surface area contributed by atoms with Crippen LogP contribution in [0.2, 0.25) is 0 Å². The predicted molar refractivity (Wildman–Crippen MR) is 195 cm³/mol. The molecule has 0 N–H and O–H groups in total. The second-order valence-electron chi connectivity index (χ2n) is 9.48. The molecule has 1 aliphatic carbocycles. The maximum atomic E-state index is 11.2. The van der Waals surface area contributed by atoms with E-state index in [9.17, 15) is 43.0 Å². The van der Waals surface area contributed by atoms with Crippen LogP contribution < -0.4 is 34.8 Å². The molecule has 0 aromatic heterocycles. The second-order valence-corrected chi connectivity index (χ2v) is 15.2. The third-order valence-corrected chi connectivity index (χ3v) is 8.31. The predicted octanol–water partition coefficient (Wildman–Crippen LogP) is -0.202. The van der Waals surface area contributed by atoms with Crippen LogP contribution in [0.5, 0.6) is 0 Å². The first-order valence-electron chi connectivity index (χ1n) is 14.9. The summed E-state index contributed by atoms with van der Waals surface area (Å²) in [5.41, 5.74) is 0. The van der Waals surface area contributed by atoms with E-state index < -0.39 is 44.7 Å². The molecule has 23 heteroatoms. The number of carbonyl (C=O) groups is 7. The van der Waals surface area contributed by atoms with E-state index in [1.807, 2.05) is 6.92 Å². The normalized spacial score (nSPS) is 14.0. The van der Waals surface area contributed by atoms with Gasteiger partial charge < -0.3 is 28.8 Å². The van der Waals surface area contributed by atoms with Gasteiger partial charge in [-0.1, -0.05) is 20.3 Å². The number of Topliss-reactive ketones (excluding diaryl/α,β-unsaturated/α-hetero) is 6. The molecule has 1 aliphatic rings. The fourth-order valence-electron chi connectivity index (χ4n) is 2.68. The van der Waals surface area contributed by atoms with Gasteiger partial charge in [-0.2, -0.15) is 12.6 Å². The Morgan fingerprint density at radius 1 is 0.840 bits per heavy atom. The van der Waals surface area contributed by atoms with E-state index in [2.05, 4.69) is 22.4 Å². The van der Waals surface area contributed by atoms with Gasteiger partial charge in [0, 0.05) is 49.2 Å². The quantitative estimate of drug-likeness (QED) is 0.0645. The Kier molecular flexibility index (Phi) is 62.3. The molecule has 0 spiro atoms. The number of carbonyl (C=O) groups excluding carboxylic acids is 7. The zero-order valence-electron chi connectivity index (χ0n) is 30.2. The summed E-state index contributed by atoms with van der Waals surface area (Å²) < 4.78 is 41.5. The number of unbranched alkanes of at least 4 members (excludes halogenated alkanes) is 1. The summed E-state index contributed by atoms with van der Waals surface area (Å²) in [6.45, 7) is 10.3. The first kappa shape index (κ1) is 66.5. The Labute approximate surface area is 371 Å². The Hall–Kier alpha value is 1.69. The van der Waals surface area contributed by atoms with Gasteiger partial charge in [-0.25, -0.2) is 4.21 Å². The van der Waals surface area contributed by atoms with Gasteiger partial charge >= 0.3 is 82.4 Å². The Balaban J connectivity index is -0.0000000916. The Morgan fingerprint density at radius 2 is 1.22 bits per heavy atom. The van der Waals surface area contributed by atoms with Crippen LogP contribution in [0.4, 0.5) is 0 Å². The van der Waals surface area contributed by atoms with Crippen LogP contribution in [0.1, 0.15) is 106 Å². The minimum atomic E-state index is -3.45. The molecule has 278 valence electrons. The van der Waals surface area contributed by atoms with Gasteiger partial charge in [-0.05, 0) is 65.0 Å². The average Bonchev–Trinajstić information content (AvgIpc) is 3.71. The van der Waals surface area contributed by atoms with E-state index in [4.69, 9.17) is 47.4 Å². The van der Waals surface area contributed by atoms with E-state index in [1.165, 1.54) is 57.5 Å². The van der Waals surface area contributed by atoms with E-state index in [0.717, 1.165) is 32.1 Å². The summed E-state index contributed by atoms with van der Waals surface area (Å²) in [6.07, 6.45) is 6.75. The molecule has 1 saturated carbocycles. The van der Waals surface area contributed by atoms with E-state index in [0.29, 0.717) is 31.5 Å². The maximum absolute atomic E-state index is 11.2. The summed E-state index contributed by atoms with van der Waals surface area (Å²) in [5, 5.41) is 8.48. The van der Waals surface area contributed by atoms with Gasteiger partial charge in [0.1, 0.15) is 42.9 Å². The van der Waals surface area contributed by atoms with Crippen LogP contribution in [-0.4, -0.2) is 117 Å². The summed E-state index contributed by atoms with van der Waals surface area (Å²) in [6, 6.07) is 0. The van der Waals surface area contributed by atoms with Crippen molar-refractivity contribution in [2.45, 2.75) is 111 Å². The van der Waals surface area contributed by atoms with Crippen LogP contribution >= 0.6 is 34.8 Å². The second kappa shape index (κ2) is 46.8. The Morgan fingerprint density at radius 3 is 1.44 bits per heavy atom. The Bertz CT molecular complexity index is 1260. The minimum absolute atomic E-state index is 0. The number of rotatable bonds is 16. The van der Waals surface area contributed by atoms with Gasteiger partial charge in [-0.3, -0.25) is 14.4 Å². The first-order chi connectivity index (χ1) is 22.6. The molecule has 1 fully saturated rings. The fourth-order valence-corrected chi connectivity index (χ4v) is 4.64. The van der Waals surface area contributed by atoms with Crippen molar-refractivity contribution in [1.82, 2.24) is 0 Å². The summed E-state index contributed by atoms with van der Waals surface area (Å²) >= 11 is 22.0. The van der Waals surface area contributed by atoms with Crippen molar-refractivity contribution in [3.63, 3.8) is 0 Å². The molecule has 0 radical (unpaired) electrons. The molecule has 1 rings (SSSR count). The SMILES string of the molecule is CC(=O)CCC1C(=O)C1S(=O)(=S)O[O-].CC(=O)CCCC(=O)CCl.CCCC(C)=O.CCCCC(C)=O.O=C(Cl)CCl.O=S=S(=O)=O.[Na+].[Na][Na]. The molecule has 0 aromatic carbocycles. The van der Waals surface area contributed by atoms with E-state index >= 15 is 0 Å². The topological polar surface area (TPSA) is 220 Å². The molecular formula is C27H44Cl3Na3O13S4.